The van der Waals surface area contributed by atoms with Gasteiger partial charge in [0.15, 0.2) is 5.78 Å². The van der Waals surface area contributed by atoms with Gasteiger partial charge in [0, 0.05) is 37.8 Å². The maximum Gasteiger partial charge on any atom is 0.304 e. The highest BCUT2D eigenvalue weighted by molar-refractivity contribution is 6.03. The van der Waals surface area contributed by atoms with Gasteiger partial charge in [0.2, 0.25) is 0 Å². The first-order valence-electron chi connectivity index (χ1n) is 11.1. The summed E-state index contributed by atoms with van der Waals surface area (Å²) in [5.74, 6) is -1.21. The molecule has 1 aliphatic carbocycles. The fourth-order valence-electron chi connectivity index (χ4n) is 4.75. The lowest BCUT2D eigenvalue weighted by atomic mass is 9.63. The number of hydrogen-bond acceptors (Lipinski definition) is 6. The Morgan fingerprint density at radius 3 is 2.38 bits per heavy atom. The zero-order valence-corrected chi connectivity index (χ0v) is 20.9. The Bertz CT molecular complexity index is 1020. The van der Waals surface area contributed by atoms with Crippen LogP contribution < -0.4 is 5.73 Å². The Balaban J connectivity index is 0.00000204. The molecule has 2 aliphatic rings. The van der Waals surface area contributed by atoms with Crippen molar-refractivity contribution in [2.24, 2.45) is 16.3 Å². The minimum absolute atomic E-state index is 0. The average Bonchev–Trinajstić information content (AvgIpc) is 2.80. The summed E-state index contributed by atoms with van der Waals surface area (Å²) in [5, 5.41) is 16.2. The van der Waals surface area contributed by atoms with Crippen molar-refractivity contribution in [3.05, 3.63) is 70.8 Å². The SMILES string of the molecule is CN1CCN(N=Cc2ccc(C(=O)C3(CC(=O)O)CCc4ccccc4C3N)cc2)CC1.Cl.Cl. The van der Waals surface area contributed by atoms with E-state index in [2.05, 4.69) is 17.0 Å². The van der Waals surface area contributed by atoms with Crippen LogP contribution in [0.25, 0.3) is 0 Å². The monoisotopic (exact) mass is 506 g/mol. The predicted molar refractivity (Wildman–Crippen MR) is 138 cm³/mol. The summed E-state index contributed by atoms with van der Waals surface area (Å²) in [5.41, 5.74) is 8.74. The van der Waals surface area contributed by atoms with E-state index in [-0.39, 0.29) is 37.0 Å². The molecular weight excluding hydrogens is 475 g/mol. The number of piperazine rings is 1. The quantitative estimate of drug-likeness (QED) is 0.460. The van der Waals surface area contributed by atoms with Crippen molar-refractivity contribution >= 4 is 42.8 Å². The largest absolute Gasteiger partial charge is 0.481 e. The van der Waals surface area contributed by atoms with Crippen molar-refractivity contribution < 1.29 is 14.7 Å². The van der Waals surface area contributed by atoms with Gasteiger partial charge in [-0.05, 0) is 36.6 Å². The minimum Gasteiger partial charge on any atom is -0.481 e. The number of carboxylic acid groups (broad SMARTS) is 1. The third-order valence-electron chi connectivity index (χ3n) is 6.77. The van der Waals surface area contributed by atoms with E-state index in [1.807, 2.05) is 41.4 Å². The van der Waals surface area contributed by atoms with Crippen LogP contribution in [0.4, 0.5) is 0 Å². The Kier molecular flexibility index (Phi) is 9.64. The summed E-state index contributed by atoms with van der Waals surface area (Å²) < 4.78 is 0. The first-order chi connectivity index (χ1) is 15.4. The second-order valence-electron chi connectivity index (χ2n) is 8.86. The third-order valence-corrected chi connectivity index (χ3v) is 6.77. The Morgan fingerprint density at radius 1 is 1.09 bits per heavy atom. The third kappa shape index (κ3) is 5.78. The molecule has 0 aromatic heterocycles. The second kappa shape index (κ2) is 11.8. The van der Waals surface area contributed by atoms with E-state index in [0.29, 0.717) is 18.4 Å². The van der Waals surface area contributed by atoms with Crippen LogP contribution in [0, 0.1) is 5.41 Å². The standard InChI is InChI=1S/C25H30N4O3.2ClH/c1-28-12-14-29(15-13-28)27-17-18-6-8-20(9-7-18)24(32)25(16-22(30)31)11-10-19-4-2-3-5-21(19)23(25)26;;/h2-9,17,23H,10-16,26H2,1H3,(H,30,31);2*1H. The van der Waals surface area contributed by atoms with E-state index in [1.165, 1.54) is 0 Å². The molecule has 1 fully saturated rings. The molecule has 4 rings (SSSR count). The van der Waals surface area contributed by atoms with Gasteiger partial charge in [-0.1, -0.05) is 48.5 Å². The summed E-state index contributed by atoms with van der Waals surface area (Å²) in [6.07, 6.45) is 2.57. The van der Waals surface area contributed by atoms with Crippen LogP contribution in [0.1, 0.15) is 45.9 Å². The highest BCUT2D eigenvalue weighted by atomic mass is 35.5. The number of nitrogens with two attached hydrogens (primary N) is 1. The molecule has 0 radical (unpaired) electrons. The predicted octanol–water partition coefficient (Wildman–Crippen LogP) is 3.40. The molecular formula is C25H32Cl2N4O3. The first kappa shape index (κ1) is 27.8. The van der Waals surface area contributed by atoms with Crippen LogP contribution in [-0.2, 0) is 11.2 Å². The minimum atomic E-state index is -1.16. The number of likely N-dealkylation sites (N-methyl/N-ethyl adjacent to an activating group) is 1. The number of carboxylic acids is 1. The molecule has 1 aliphatic heterocycles. The zero-order chi connectivity index (χ0) is 22.7. The Morgan fingerprint density at radius 2 is 1.74 bits per heavy atom. The molecule has 1 heterocycles. The van der Waals surface area contributed by atoms with Crippen LogP contribution in [0.2, 0.25) is 0 Å². The van der Waals surface area contributed by atoms with Gasteiger partial charge in [-0.3, -0.25) is 14.6 Å². The van der Waals surface area contributed by atoms with Gasteiger partial charge in [0.05, 0.1) is 18.1 Å². The normalized spacial score (nSPS) is 22.4. The molecule has 34 heavy (non-hydrogen) atoms. The molecule has 1 saturated heterocycles. The van der Waals surface area contributed by atoms with Gasteiger partial charge in [0.25, 0.3) is 0 Å². The first-order valence-corrected chi connectivity index (χ1v) is 11.1. The summed E-state index contributed by atoms with van der Waals surface area (Å²) in [6, 6.07) is 14.3. The van der Waals surface area contributed by atoms with E-state index in [9.17, 15) is 14.7 Å². The van der Waals surface area contributed by atoms with Gasteiger partial charge in [0.1, 0.15) is 0 Å². The number of carbonyl (C=O) groups is 2. The maximum atomic E-state index is 13.6. The topological polar surface area (TPSA) is 99.2 Å². The van der Waals surface area contributed by atoms with Gasteiger partial charge in [-0.2, -0.15) is 5.10 Å². The van der Waals surface area contributed by atoms with Crippen LogP contribution >= 0.6 is 24.8 Å². The van der Waals surface area contributed by atoms with Crippen molar-refractivity contribution in [3.8, 4) is 0 Å². The van der Waals surface area contributed by atoms with Gasteiger partial charge < -0.3 is 15.7 Å². The van der Waals surface area contributed by atoms with Gasteiger partial charge in [-0.25, -0.2) is 0 Å². The van der Waals surface area contributed by atoms with Crippen molar-refractivity contribution in [1.82, 2.24) is 9.91 Å². The number of hydrazone groups is 1. The number of rotatable bonds is 6. The van der Waals surface area contributed by atoms with Crippen LogP contribution in [0.5, 0.6) is 0 Å². The molecule has 2 aromatic carbocycles. The number of ketones is 1. The Hall–Kier alpha value is -2.45. The van der Waals surface area contributed by atoms with Crippen LogP contribution in [0.3, 0.4) is 0 Å². The highest BCUT2D eigenvalue weighted by Gasteiger charge is 2.48. The second-order valence-corrected chi connectivity index (χ2v) is 8.86. The van der Waals surface area contributed by atoms with E-state index in [4.69, 9.17) is 5.73 Å². The number of benzene rings is 2. The van der Waals surface area contributed by atoms with Gasteiger partial charge in [-0.15, -0.1) is 24.8 Å². The molecule has 2 unspecified atom stereocenters. The number of nitrogens with zero attached hydrogens (tertiary/aromatic N) is 3. The average molecular weight is 507 g/mol. The zero-order valence-electron chi connectivity index (χ0n) is 19.2. The number of aryl methyl sites for hydroxylation is 1. The van der Waals surface area contributed by atoms with Crippen molar-refractivity contribution in [2.75, 3.05) is 33.2 Å². The molecule has 0 spiro atoms. The van der Waals surface area contributed by atoms with Crippen LogP contribution in [0.15, 0.2) is 53.6 Å². The lowest BCUT2D eigenvalue weighted by Gasteiger charge is -2.41. The molecule has 0 saturated carbocycles. The van der Waals surface area contributed by atoms with E-state index in [1.54, 1.807) is 18.3 Å². The summed E-state index contributed by atoms with van der Waals surface area (Å²) in [7, 11) is 2.10. The summed E-state index contributed by atoms with van der Waals surface area (Å²) in [6.45, 7) is 3.75. The fraction of sp³-hybridized carbons (Fsp3) is 0.400. The van der Waals surface area contributed by atoms with E-state index < -0.39 is 17.4 Å². The molecule has 184 valence electrons. The number of aliphatic carboxylic acids is 1. The lowest BCUT2D eigenvalue weighted by Crippen LogP contribution is -2.46. The number of Topliss-reactive ketones (excluding diaryl/α,β-unsaturated/α-hetero) is 1. The number of hydrogen-bond donors (Lipinski definition) is 2. The molecule has 0 bridgehead atoms. The van der Waals surface area contributed by atoms with Gasteiger partial charge >= 0.3 is 5.97 Å². The number of carbonyl (C=O) groups excluding carboxylic acids is 1. The molecule has 3 N–H and O–H groups in total. The highest BCUT2D eigenvalue weighted by Crippen LogP contribution is 2.47. The Labute approximate surface area is 212 Å². The molecule has 0 amide bonds. The smallest absolute Gasteiger partial charge is 0.304 e. The molecule has 2 aromatic rings. The number of halogens is 2. The van der Waals surface area contributed by atoms with E-state index >= 15 is 0 Å². The lowest BCUT2D eigenvalue weighted by molar-refractivity contribution is -0.139. The maximum absolute atomic E-state index is 13.6. The molecule has 7 nitrogen and oxygen atoms in total. The number of fused-ring (bicyclic) bond motifs is 1. The molecule has 9 heteroatoms. The summed E-state index contributed by atoms with van der Waals surface area (Å²) in [4.78, 5) is 27.6. The van der Waals surface area contributed by atoms with Crippen LogP contribution in [-0.4, -0.2) is 66.2 Å². The molecule has 2 atom stereocenters. The van der Waals surface area contributed by atoms with Crippen molar-refractivity contribution in [1.29, 1.82) is 0 Å². The van der Waals surface area contributed by atoms with E-state index in [0.717, 1.165) is 42.9 Å². The van der Waals surface area contributed by atoms with Crippen molar-refractivity contribution in [2.45, 2.75) is 25.3 Å². The fourth-order valence-corrected chi connectivity index (χ4v) is 4.75. The van der Waals surface area contributed by atoms with Crippen molar-refractivity contribution in [3.63, 3.8) is 0 Å². The summed E-state index contributed by atoms with van der Waals surface area (Å²) >= 11 is 0.